The van der Waals surface area contributed by atoms with Gasteiger partial charge in [-0.3, -0.25) is 0 Å². The van der Waals surface area contributed by atoms with Gasteiger partial charge in [0.2, 0.25) is 0 Å². The summed E-state index contributed by atoms with van der Waals surface area (Å²) in [5.41, 5.74) is 7.35. The van der Waals surface area contributed by atoms with E-state index in [1.54, 1.807) is 6.07 Å². The quantitative estimate of drug-likeness (QED) is 0.907. The van der Waals surface area contributed by atoms with E-state index in [0.29, 0.717) is 11.6 Å². The number of nitrogens with two attached hydrogens (primary N) is 1. The van der Waals surface area contributed by atoms with E-state index >= 15 is 0 Å². The molecule has 2 unspecified atom stereocenters. The fourth-order valence-electron chi connectivity index (χ4n) is 3.40. The predicted octanol–water partition coefficient (Wildman–Crippen LogP) is 3.81. The van der Waals surface area contributed by atoms with Gasteiger partial charge in [0, 0.05) is 19.1 Å². The third-order valence-corrected chi connectivity index (χ3v) is 4.84. The Hall–Kier alpha value is -1.09. The zero-order chi connectivity index (χ0) is 14.8. The smallest absolute Gasteiger partial charge is 0.146 e. The number of nitrogens with zero attached hydrogens (tertiary/aromatic N) is 1. The summed E-state index contributed by atoms with van der Waals surface area (Å²) in [5, 5.41) is 0. The normalized spacial score (nSPS) is 25.4. The van der Waals surface area contributed by atoms with E-state index in [1.165, 1.54) is 18.9 Å². The largest absolute Gasteiger partial charge is 0.369 e. The second kappa shape index (κ2) is 6.13. The van der Waals surface area contributed by atoms with Crippen molar-refractivity contribution in [3.63, 3.8) is 0 Å². The Morgan fingerprint density at radius 3 is 2.70 bits per heavy atom. The maximum atomic E-state index is 14.0. The first-order valence-electron chi connectivity index (χ1n) is 7.70. The summed E-state index contributed by atoms with van der Waals surface area (Å²) in [5.74, 6) is 0.302. The van der Waals surface area contributed by atoms with Crippen molar-refractivity contribution in [2.24, 2.45) is 17.1 Å². The van der Waals surface area contributed by atoms with Crippen LogP contribution in [0.5, 0.6) is 0 Å². The fourth-order valence-corrected chi connectivity index (χ4v) is 3.40. The summed E-state index contributed by atoms with van der Waals surface area (Å²) in [6.07, 6.45) is 3.56. The average molecular weight is 278 g/mol. The molecule has 0 spiro atoms. The Labute approximate surface area is 122 Å². The van der Waals surface area contributed by atoms with Crippen LogP contribution < -0.4 is 10.6 Å². The monoisotopic (exact) mass is 278 g/mol. The van der Waals surface area contributed by atoms with Gasteiger partial charge in [-0.1, -0.05) is 32.4 Å². The van der Waals surface area contributed by atoms with Crippen molar-refractivity contribution in [1.29, 1.82) is 0 Å². The van der Waals surface area contributed by atoms with Crippen LogP contribution in [0.3, 0.4) is 0 Å². The van der Waals surface area contributed by atoms with Gasteiger partial charge in [0.05, 0.1) is 5.69 Å². The van der Waals surface area contributed by atoms with Crippen LogP contribution >= 0.6 is 0 Å². The van der Waals surface area contributed by atoms with Gasteiger partial charge in [-0.05, 0) is 43.2 Å². The minimum Gasteiger partial charge on any atom is -0.369 e. The Balaban J connectivity index is 2.13. The van der Waals surface area contributed by atoms with Crippen molar-refractivity contribution in [3.8, 4) is 0 Å². The number of hydrogen-bond donors (Lipinski definition) is 1. The highest BCUT2D eigenvalue weighted by atomic mass is 19.1. The van der Waals surface area contributed by atoms with Crippen molar-refractivity contribution >= 4 is 5.69 Å². The Morgan fingerprint density at radius 1 is 1.35 bits per heavy atom. The fraction of sp³-hybridized carbons (Fsp3) is 0.647. The van der Waals surface area contributed by atoms with Crippen molar-refractivity contribution < 1.29 is 4.39 Å². The first-order valence-corrected chi connectivity index (χ1v) is 7.70. The number of benzene rings is 1. The zero-order valence-corrected chi connectivity index (χ0v) is 12.9. The van der Waals surface area contributed by atoms with E-state index in [9.17, 15) is 4.39 Å². The predicted molar refractivity (Wildman–Crippen MR) is 83.4 cm³/mol. The summed E-state index contributed by atoms with van der Waals surface area (Å²) in [6, 6.07) is 7.21. The molecule has 112 valence electrons. The molecule has 1 aliphatic carbocycles. The lowest BCUT2D eigenvalue weighted by atomic mass is 9.68. The second-order valence-corrected chi connectivity index (χ2v) is 6.66. The highest BCUT2D eigenvalue weighted by Gasteiger charge is 2.37. The standard InChI is InChI=1S/C17H27FN2/c1-4-20(15-10-6-5-9-14(15)18)12-13-8-7-11-17(2,3)16(13)19/h5-6,9-10,13,16H,4,7-8,11-12,19H2,1-3H3. The van der Waals surface area contributed by atoms with Crippen LogP contribution in [0.25, 0.3) is 0 Å². The molecule has 0 amide bonds. The third-order valence-electron chi connectivity index (χ3n) is 4.84. The molecular weight excluding hydrogens is 251 g/mol. The van der Waals surface area contributed by atoms with Crippen LogP contribution in [-0.4, -0.2) is 19.1 Å². The molecule has 1 saturated carbocycles. The van der Waals surface area contributed by atoms with Gasteiger partial charge in [-0.15, -0.1) is 0 Å². The molecule has 0 saturated heterocycles. The average Bonchev–Trinajstić information content (AvgIpc) is 2.41. The molecule has 1 fully saturated rings. The van der Waals surface area contributed by atoms with Crippen LogP contribution in [0, 0.1) is 17.2 Å². The number of para-hydroxylation sites is 1. The minimum absolute atomic E-state index is 0.141. The molecule has 0 radical (unpaired) electrons. The van der Waals surface area contributed by atoms with Crippen molar-refractivity contribution in [3.05, 3.63) is 30.1 Å². The van der Waals surface area contributed by atoms with Crippen LogP contribution in [-0.2, 0) is 0 Å². The lowest BCUT2D eigenvalue weighted by Crippen LogP contribution is -2.50. The van der Waals surface area contributed by atoms with E-state index in [4.69, 9.17) is 5.73 Å². The van der Waals surface area contributed by atoms with Gasteiger partial charge in [-0.25, -0.2) is 4.39 Å². The van der Waals surface area contributed by atoms with Gasteiger partial charge in [0.1, 0.15) is 5.82 Å². The summed E-state index contributed by atoms with van der Waals surface area (Å²) < 4.78 is 14.0. The zero-order valence-electron chi connectivity index (χ0n) is 12.9. The van der Waals surface area contributed by atoms with Gasteiger partial charge in [-0.2, -0.15) is 0 Å². The van der Waals surface area contributed by atoms with E-state index < -0.39 is 0 Å². The third kappa shape index (κ3) is 3.14. The Bertz CT molecular complexity index is 444. The topological polar surface area (TPSA) is 29.3 Å². The van der Waals surface area contributed by atoms with Crippen LogP contribution in [0.2, 0.25) is 0 Å². The van der Waals surface area contributed by atoms with Crippen LogP contribution in [0.4, 0.5) is 10.1 Å². The van der Waals surface area contributed by atoms with Crippen molar-refractivity contribution in [1.82, 2.24) is 0 Å². The molecule has 0 aromatic heterocycles. The molecular formula is C17H27FN2. The molecule has 2 rings (SSSR count). The molecule has 2 nitrogen and oxygen atoms in total. The maximum Gasteiger partial charge on any atom is 0.146 e. The molecule has 1 aromatic rings. The van der Waals surface area contributed by atoms with E-state index in [-0.39, 0.29) is 17.3 Å². The van der Waals surface area contributed by atoms with Crippen LogP contribution in [0.1, 0.15) is 40.0 Å². The SMILES string of the molecule is CCN(CC1CCCC(C)(C)C1N)c1ccccc1F. The summed E-state index contributed by atoms with van der Waals surface area (Å²) in [6.45, 7) is 8.24. The number of anilines is 1. The maximum absolute atomic E-state index is 14.0. The Morgan fingerprint density at radius 2 is 2.05 bits per heavy atom. The minimum atomic E-state index is -0.141. The Kier molecular flexibility index (Phi) is 4.69. The second-order valence-electron chi connectivity index (χ2n) is 6.66. The van der Waals surface area contributed by atoms with Crippen LogP contribution in [0.15, 0.2) is 24.3 Å². The summed E-state index contributed by atoms with van der Waals surface area (Å²) >= 11 is 0. The molecule has 3 heteroatoms. The lowest BCUT2D eigenvalue weighted by Gasteiger charge is -2.43. The van der Waals surface area contributed by atoms with Gasteiger partial charge >= 0.3 is 0 Å². The first kappa shape index (κ1) is 15.3. The summed E-state index contributed by atoms with van der Waals surface area (Å²) in [7, 11) is 0. The molecule has 1 aromatic carbocycles. The van der Waals surface area contributed by atoms with Gasteiger partial charge in [0.15, 0.2) is 0 Å². The van der Waals surface area contributed by atoms with Gasteiger partial charge in [0.25, 0.3) is 0 Å². The number of rotatable bonds is 4. The highest BCUT2D eigenvalue weighted by molar-refractivity contribution is 5.47. The molecule has 0 heterocycles. The molecule has 0 bridgehead atoms. The van der Waals surface area contributed by atoms with Crippen molar-refractivity contribution in [2.45, 2.75) is 46.1 Å². The van der Waals surface area contributed by atoms with Crippen molar-refractivity contribution in [2.75, 3.05) is 18.0 Å². The highest BCUT2D eigenvalue weighted by Crippen LogP contribution is 2.38. The van der Waals surface area contributed by atoms with Gasteiger partial charge < -0.3 is 10.6 Å². The van der Waals surface area contributed by atoms with E-state index in [2.05, 4.69) is 25.7 Å². The lowest BCUT2D eigenvalue weighted by molar-refractivity contribution is 0.141. The molecule has 2 N–H and O–H groups in total. The molecule has 2 atom stereocenters. The molecule has 20 heavy (non-hydrogen) atoms. The molecule has 0 aliphatic heterocycles. The first-order chi connectivity index (χ1) is 9.45. The number of hydrogen-bond acceptors (Lipinski definition) is 2. The summed E-state index contributed by atoms with van der Waals surface area (Å²) in [4.78, 5) is 2.13. The van der Waals surface area contributed by atoms with E-state index in [0.717, 1.165) is 19.5 Å². The number of halogens is 1. The van der Waals surface area contributed by atoms with E-state index in [1.807, 2.05) is 12.1 Å². The molecule has 1 aliphatic rings.